The summed E-state index contributed by atoms with van der Waals surface area (Å²) in [5, 5.41) is 0.256. The van der Waals surface area contributed by atoms with E-state index in [1.54, 1.807) is 18.2 Å². The summed E-state index contributed by atoms with van der Waals surface area (Å²) < 4.78 is 32.7. The predicted octanol–water partition coefficient (Wildman–Crippen LogP) is 3.67. The van der Waals surface area contributed by atoms with Gasteiger partial charge >= 0.3 is 0 Å². The average molecular weight is 346 g/mol. The van der Waals surface area contributed by atoms with E-state index in [1.807, 2.05) is 6.92 Å². The third-order valence-corrected chi connectivity index (χ3v) is 5.84. The highest BCUT2D eigenvalue weighted by Gasteiger charge is 2.17. The number of rotatable bonds is 7. The fourth-order valence-electron chi connectivity index (χ4n) is 2.66. The molecule has 4 nitrogen and oxygen atoms in total. The average Bonchev–Trinajstić information content (AvgIpc) is 2.47. The van der Waals surface area contributed by atoms with Crippen LogP contribution in [0.2, 0.25) is 5.02 Å². The first-order chi connectivity index (χ1) is 10.5. The second-order valence-electron chi connectivity index (χ2n) is 5.82. The Kier molecular flexibility index (Phi) is 6.68. The van der Waals surface area contributed by atoms with Crippen LogP contribution in [0.25, 0.3) is 0 Å². The minimum Gasteiger partial charge on any atom is -0.378 e. The summed E-state index contributed by atoms with van der Waals surface area (Å²) in [6.45, 7) is 2.83. The molecule has 1 aliphatic rings. The quantitative estimate of drug-likeness (QED) is 0.767. The van der Waals surface area contributed by atoms with Crippen LogP contribution in [0.1, 0.15) is 44.1 Å². The van der Waals surface area contributed by atoms with Gasteiger partial charge < -0.3 is 4.74 Å². The van der Waals surface area contributed by atoms with Crippen molar-refractivity contribution < 1.29 is 13.2 Å². The third kappa shape index (κ3) is 5.23. The van der Waals surface area contributed by atoms with E-state index in [0.717, 1.165) is 18.4 Å². The number of halogens is 1. The summed E-state index contributed by atoms with van der Waals surface area (Å²) in [5.74, 6) is 0. The second-order valence-corrected chi connectivity index (χ2v) is 7.96. The topological polar surface area (TPSA) is 55.4 Å². The summed E-state index contributed by atoms with van der Waals surface area (Å²) in [6, 6.07) is 4.94. The van der Waals surface area contributed by atoms with Crippen molar-refractivity contribution in [3.05, 3.63) is 28.8 Å². The van der Waals surface area contributed by atoms with Crippen molar-refractivity contribution >= 4 is 21.6 Å². The molecule has 0 spiro atoms. The second kappa shape index (κ2) is 8.29. The van der Waals surface area contributed by atoms with Gasteiger partial charge in [0.05, 0.1) is 11.1 Å². The molecule has 0 unspecified atom stereocenters. The van der Waals surface area contributed by atoms with E-state index < -0.39 is 10.0 Å². The van der Waals surface area contributed by atoms with Gasteiger partial charge in [-0.25, -0.2) is 13.1 Å². The molecule has 0 bridgehead atoms. The molecule has 22 heavy (non-hydrogen) atoms. The fourth-order valence-corrected chi connectivity index (χ4v) is 4.33. The van der Waals surface area contributed by atoms with E-state index in [4.69, 9.17) is 16.3 Å². The Labute approximate surface area is 138 Å². The summed E-state index contributed by atoms with van der Waals surface area (Å²) in [5.41, 5.74) is 0.935. The molecule has 0 amide bonds. The van der Waals surface area contributed by atoms with Crippen LogP contribution >= 0.6 is 11.6 Å². The Hall–Kier alpha value is -0.620. The normalized spacial score (nSPS) is 16.8. The van der Waals surface area contributed by atoms with Crippen molar-refractivity contribution in [3.63, 3.8) is 0 Å². The standard InChI is InChI=1S/C16H24ClNO3S/c1-13-8-9-16(15(17)12-13)22(19,20)18-10-5-11-21-14-6-3-2-4-7-14/h8-9,12,14,18H,2-7,10-11H2,1H3. The Balaban J connectivity index is 1.75. The van der Waals surface area contributed by atoms with Crippen LogP contribution < -0.4 is 4.72 Å². The number of benzene rings is 1. The van der Waals surface area contributed by atoms with Gasteiger partial charge in [0, 0.05) is 13.2 Å². The van der Waals surface area contributed by atoms with Gasteiger partial charge in [-0.2, -0.15) is 0 Å². The van der Waals surface area contributed by atoms with Gasteiger partial charge in [-0.15, -0.1) is 0 Å². The third-order valence-electron chi connectivity index (χ3n) is 3.90. The van der Waals surface area contributed by atoms with E-state index in [-0.39, 0.29) is 9.92 Å². The van der Waals surface area contributed by atoms with E-state index in [9.17, 15) is 8.42 Å². The molecular weight excluding hydrogens is 322 g/mol. The SMILES string of the molecule is Cc1ccc(S(=O)(=O)NCCCOC2CCCCC2)c(Cl)c1. The lowest BCUT2D eigenvalue weighted by atomic mass is 9.98. The number of aryl methyl sites for hydroxylation is 1. The molecule has 0 heterocycles. The molecule has 1 N–H and O–H groups in total. The van der Waals surface area contributed by atoms with Crippen LogP contribution in [0, 0.1) is 6.92 Å². The lowest BCUT2D eigenvalue weighted by Crippen LogP contribution is -2.26. The first-order valence-electron chi connectivity index (χ1n) is 7.86. The van der Waals surface area contributed by atoms with Gasteiger partial charge in [-0.1, -0.05) is 36.9 Å². The van der Waals surface area contributed by atoms with Crippen LogP contribution in [-0.4, -0.2) is 27.7 Å². The van der Waals surface area contributed by atoms with Crippen LogP contribution in [0.3, 0.4) is 0 Å². The van der Waals surface area contributed by atoms with Gasteiger partial charge in [-0.3, -0.25) is 0 Å². The van der Waals surface area contributed by atoms with Crippen molar-refractivity contribution in [2.45, 2.75) is 56.4 Å². The van der Waals surface area contributed by atoms with Crippen LogP contribution in [0.5, 0.6) is 0 Å². The van der Waals surface area contributed by atoms with Crippen molar-refractivity contribution in [2.24, 2.45) is 0 Å². The number of hydrogen-bond acceptors (Lipinski definition) is 3. The van der Waals surface area contributed by atoms with Crippen molar-refractivity contribution in [3.8, 4) is 0 Å². The first-order valence-corrected chi connectivity index (χ1v) is 9.72. The molecule has 1 aromatic rings. The monoisotopic (exact) mass is 345 g/mol. The zero-order valence-corrected chi connectivity index (χ0v) is 14.5. The number of hydrogen-bond donors (Lipinski definition) is 1. The molecule has 0 radical (unpaired) electrons. The predicted molar refractivity (Wildman–Crippen MR) is 88.8 cm³/mol. The highest BCUT2D eigenvalue weighted by atomic mass is 35.5. The number of sulfonamides is 1. The maximum Gasteiger partial charge on any atom is 0.242 e. The highest BCUT2D eigenvalue weighted by Crippen LogP contribution is 2.22. The largest absolute Gasteiger partial charge is 0.378 e. The van der Waals surface area contributed by atoms with Crippen LogP contribution in [-0.2, 0) is 14.8 Å². The smallest absolute Gasteiger partial charge is 0.242 e. The van der Waals surface area contributed by atoms with Crippen molar-refractivity contribution in [2.75, 3.05) is 13.2 Å². The Bertz CT molecular complexity index is 583. The lowest BCUT2D eigenvalue weighted by molar-refractivity contribution is 0.0278. The number of nitrogens with one attached hydrogen (secondary N) is 1. The molecule has 0 aromatic heterocycles. The Morgan fingerprint density at radius 2 is 2.00 bits per heavy atom. The molecule has 0 saturated heterocycles. The molecule has 1 aromatic carbocycles. The Morgan fingerprint density at radius 3 is 2.68 bits per heavy atom. The maximum atomic E-state index is 12.2. The molecule has 0 aliphatic heterocycles. The van der Waals surface area contributed by atoms with Crippen molar-refractivity contribution in [1.29, 1.82) is 0 Å². The molecule has 1 saturated carbocycles. The molecule has 1 fully saturated rings. The summed E-state index contributed by atoms with van der Waals surface area (Å²) in [6.07, 6.45) is 7.06. The molecule has 2 rings (SSSR count). The Morgan fingerprint density at radius 1 is 1.27 bits per heavy atom. The summed E-state index contributed by atoms with van der Waals surface area (Å²) >= 11 is 6.01. The fraction of sp³-hybridized carbons (Fsp3) is 0.625. The zero-order valence-electron chi connectivity index (χ0n) is 13.0. The highest BCUT2D eigenvalue weighted by molar-refractivity contribution is 7.89. The van der Waals surface area contributed by atoms with E-state index in [1.165, 1.54) is 19.3 Å². The van der Waals surface area contributed by atoms with Crippen molar-refractivity contribution in [1.82, 2.24) is 4.72 Å². The summed E-state index contributed by atoms with van der Waals surface area (Å²) in [7, 11) is -3.55. The van der Waals surface area contributed by atoms with E-state index in [2.05, 4.69) is 4.72 Å². The lowest BCUT2D eigenvalue weighted by Gasteiger charge is -2.21. The molecule has 124 valence electrons. The molecule has 1 aliphatic carbocycles. The van der Waals surface area contributed by atoms with Gasteiger partial charge in [0.25, 0.3) is 0 Å². The van der Waals surface area contributed by atoms with E-state index >= 15 is 0 Å². The maximum absolute atomic E-state index is 12.2. The van der Waals surface area contributed by atoms with Gasteiger partial charge in [0.1, 0.15) is 4.90 Å². The van der Waals surface area contributed by atoms with Crippen LogP contribution in [0.15, 0.2) is 23.1 Å². The number of ether oxygens (including phenoxy) is 1. The van der Waals surface area contributed by atoms with Gasteiger partial charge in [0.2, 0.25) is 10.0 Å². The van der Waals surface area contributed by atoms with Gasteiger partial charge in [-0.05, 0) is 43.9 Å². The molecule has 6 heteroatoms. The van der Waals surface area contributed by atoms with Crippen LogP contribution in [0.4, 0.5) is 0 Å². The minimum atomic E-state index is -3.55. The first kappa shape index (κ1) is 17.7. The minimum absolute atomic E-state index is 0.132. The molecule has 0 atom stereocenters. The van der Waals surface area contributed by atoms with E-state index in [0.29, 0.717) is 25.7 Å². The van der Waals surface area contributed by atoms with Gasteiger partial charge in [0.15, 0.2) is 0 Å². The zero-order chi connectivity index (χ0) is 16.0. The summed E-state index contributed by atoms with van der Waals surface area (Å²) in [4.78, 5) is 0.132. The molecular formula is C16H24ClNO3S.